The molecule has 0 heterocycles. The predicted octanol–water partition coefficient (Wildman–Crippen LogP) is 5.57. The first-order valence-electron chi connectivity index (χ1n) is 14.2. The van der Waals surface area contributed by atoms with Crippen LogP contribution >= 0.6 is 0 Å². The highest BCUT2D eigenvalue weighted by atomic mass is 16.4. The van der Waals surface area contributed by atoms with Crippen LogP contribution in [0.3, 0.4) is 0 Å². The Morgan fingerprint density at radius 2 is 1.40 bits per heavy atom. The van der Waals surface area contributed by atoms with Gasteiger partial charge in [0, 0.05) is 23.9 Å². The molecule has 0 spiro atoms. The SMILES string of the molecule is CC.CCC(CC)CC[NH2+]CC(=O)c1ccccc1.CNC(=O)c1cccc(NC(C(=O)O)c2ccccc2)c1. The summed E-state index contributed by atoms with van der Waals surface area (Å²) in [7, 11) is 1.55. The van der Waals surface area contributed by atoms with Gasteiger partial charge in [0.15, 0.2) is 6.04 Å². The smallest absolute Gasteiger partial charge is 0.330 e. The van der Waals surface area contributed by atoms with Crippen LogP contribution < -0.4 is 16.0 Å². The lowest BCUT2D eigenvalue weighted by atomic mass is 10.00. The van der Waals surface area contributed by atoms with E-state index in [1.54, 1.807) is 55.6 Å². The summed E-state index contributed by atoms with van der Waals surface area (Å²) in [6, 6.07) is 24.3. The maximum absolute atomic E-state index is 11.8. The summed E-state index contributed by atoms with van der Waals surface area (Å²) in [5.74, 6) is -0.148. The Morgan fingerprint density at radius 3 is 1.95 bits per heavy atom. The number of benzene rings is 3. The molecule has 1 atom stereocenters. The van der Waals surface area contributed by atoms with Crippen LogP contribution in [0.2, 0.25) is 0 Å². The van der Waals surface area contributed by atoms with Crippen LogP contribution in [0.5, 0.6) is 0 Å². The number of hydrogen-bond acceptors (Lipinski definition) is 4. The van der Waals surface area contributed by atoms with E-state index in [0.717, 1.165) is 18.0 Å². The van der Waals surface area contributed by atoms with E-state index in [4.69, 9.17) is 0 Å². The minimum atomic E-state index is -0.980. The van der Waals surface area contributed by atoms with E-state index in [-0.39, 0.29) is 11.7 Å². The Morgan fingerprint density at radius 1 is 0.825 bits per heavy atom. The van der Waals surface area contributed by atoms with Crippen molar-refractivity contribution in [2.24, 2.45) is 5.92 Å². The van der Waals surface area contributed by atoms with E-state index in [1.807, 2.05) is 50.2 Å². The molecule has 3 aromatic carbocycles. The minimum absolute atomic E-state index is 0.217. The topological polar surface area (TPSA) is 112 Å². The lowest BCUT2D eigenvalue weighted by Gasteiger charge is -2.16. The number of carbonyl (C=O) groups is 3. The molecule has 0 fully saturated rings. The third-order valence-corrected chi connectivity index (χ3v) is 6.40. The molecule has 7 nitrogen and oxygen atoms in total. The van der Waals surface area contributed by atoms with Crippen LogP contribution in [0.4, 0.5) is 5.69 Å². The molecule has 0 bridgehead atoms. The molecule has 0 radical (unpaired) electrons. The fourth-order valence-corrected chi connectivity index (χ4v) is 4.02. The Hall–Kier alpha value is -3.97. The third kappa shape index (κ3) is 12.3. The van der Waals surface area contributed by atoms with E-state index in [2.05, 4.69) is 29.8 Å². The van der Waals surface area contributed by atoms with Crippen molar-refractivity contribution in [3.8, 4) is 0 Å². The highest BCUT2D eigenvalue weighted by Crippen LogP contribution is 2.21. The standard InChI is InChI=1S/C16H16N2O3.C15H23NO.C2H6/c1-17-15(19)12-8-5-9-13(10-12)18-14(16(20)21)11-6-3-2-4-7-11;1-3-13(4-2)10-11-16-12-15(17)14-8-6-5-7-9-14;1-2/h2-10,14,18H,1H3,(H,17,19)(H,20,21);5-9,13,16H,3-4,10-12H2,1-2H3;1-2H3/p+1. The number of nitrogens with one attached hydrogen (secondary N) is 2. The summed E-state index contributed by atoms with van der Waals surface area (Å²) in [6.45, 7) is 10.1. The van der Waals surface area contributed by atoms with Crippen molar-refractivity contribution in [1.82, 2.24) is 5.32 Å². The number of carbonyl (C=O) groups excluding carboxylic acids is 2. The summed E-state index contributed by atoms with van der Waals surface area (Å²) in [6.07, 6.45) is 3.71. The van der Waals surface area contributed by atoms with Crippen molar-refractivity contribution in [2.45, 2.75) is 53.0 Å². The molecular weight excluding hydrogens is 502 g/mol. The third-order valence-electron chi connectivity index (χ3n) is 6.40. The molecule has 1 amide bonds. The number of carboxylic acids is 1. The first-order valence-corrected chi connectivity index (χ1v) is 14.2. The van der Waals surface area contributed by atoms with Gasteiger partial charge in [-0.2, -0.15) is 0 Å². The van der Waals surface area contributed by atoms with E-state index in [9.17, 15) is 19.5 Å². The van der Waals surface area contributed by atoms with Gasteiger partial charge in [0.2, 0.25) is 5.78 Å². The summed E-state index contributed by atoms with van der Waals surface area (Å²) in [5, 5.41) is 17.0. The average Bonchev–Trinajstić information content (AvgIpc) is 3.01. The van der Waals surface area contributed by atoms with Gasteiger partial charge in [0.25, 0.3) is 5.91 Å². The maximum atomic E-state index is 11.8. The average molecular weight is 549 g/mol. The van der Waals surface area contributed by atoms with Crippen LogP contribution in [0.1, 0.15) is 79.3 Å². The molecule has 40 heavy (non-hydrogen) atoms. The van der Waals surface area contributed by atoms with Gasteiger partial charge in [0.05, 0.1) is 6.54 Å². The van der Waals surface area contributed by atoms with Crippen molar-refractivity contribution < 1.29 is 24.8 Å². The van der Waals surface area contributed by atoms with Gasteiger partial charge in [-0.15, -0.1) is 0 Å². The number of rotatable bonds is 13. The zero-order valence-electron chi connectivity index (χ0n) is 24.5. The molecule has 0 saturated carbocycles. The van der Waals surface area contributed by atoms with Gasteiger partial charge in [0.1, 0.15) is 6.54 Å². The molecule has 3 aromatic rings. The van der Waals surface area contributed by atoms with Crippen LogP contribution in [-0.2, 0) is 4.79 Å². The Balaban J connectivity index is 0.000000385. The normalized spacial score (nSPS) is 10.8. The molecule has 0 saturated heterocycles. The predicted molar refractivity (Wildman–Crippen MR) is 163 cm³/mol. The molecule has 0 aliphatic heterocycles. The van der Waals surface area contributed by atoms with Crippen LogP contribution in [-0.4, -0.2) is 42.9 Å². The fraction of sp³-hybridized carbons (Fsp3) is 0.364. The van der Waals surface area contributed by atoms with Gasteiger partial charge in [-0.1, -0.05) is 107 Å². The molecule has 3 rings (SSSR count). The van der Waals surface area contributed by atoms with Crippen LogP contribution in [0, 0.1) is 5.92 Å². The molecule has 216 valence electrons. The zero-order valence-corrected chi connectivity index (χ0v) is 24.5. The molecule has 1 unspecified atom stereocenters. The summed E-state index contributed by atoms with van der Waals surface area (Å²) >= 11 is 0. The second kappa shape index (κ2) is 20.0. The molecule has 5 N–H and O–H groups in total. The summed E-state index contributed by atoms with van der Waals surface area (Å²) < 4.78 is 0. The van der Waals surface area contributed by atoms with E-state index >= 15 is 0 Å². The van der Waals surface area contributed by atoms with E-state index in [1.165, 1.54) is 19.3 Å². The molecule has 0 aromatic heterocycles. The Labute approximate surface area is 239 Å². The van der Waals surface area contributed by atoms with Crippen molar-refractivity contribution in [3.05, 3.63) is 102 Å². The van der Waals surface area contributed by atoms with Gasteiger partial charge in [-0.3, -0.25) is 9.59 Å². The minimum Gasteiger partial charge on any atom is -0.479 e. The monoisotopic (exact) mass is 548 g/mol. The van der Waals surface area contributed by atoms with Gasteiger partial charge in [-0.05, 0) is 36.1 Å². The van der Waals surface area contributed by atoms with Gasteiger partial charge < -0.3 is 21.1 Å². The molecule has 7 heteroatoms. The van der Waals surface area contributed by atoms with Gasteiger partial charge >= 0.3 is 5.97 Å². The number of ketones is 1. The number of anilines is 1. The zero-order chi connectivity index (χ0) is 29.8. The largest absolute Gasteiger partial charge is 0.479 e. The van der Waals surface area contributed by atoms with Crippen LogP contribution in [0.15, 0.2) is 84.9 Å². The lowest BCUT2D eigenvalue weighted by Crippen LogP contribution is -2.86. The van der Waals surface area contributed by atoms with Crippen molar-refractivity contribution in [3.63, 3.8) is 0 Å². The first kappa shape index (κ1) is 34.1. The molecular formula is C33H46N3O4+. The van der Waals surface area contributed by atoms with Crippen molar-refractivity contribution in [1.29, 1.82) is 0 Å². The summed E-state index contributed by atoms with van der Waals surface area (Å²) in [4.78, 5) is 34.8. The number of Topliss-reactive ketones (excluding diaryl/α,β-unsaturated/α-hetero) is 1. The second-order valence-electron chi connectivity index (χ2n) is 9.03. The Kier molecular flexibility index (Phi) is 17.0. The second-order valence-corrected chi connectivity index (χ2v) is 9.03. The Bertz CT molecular complexity index is 1130. The van der Waals surface area contributed by atoms with Gasteiger partial charge in [-0.25, -0.2) is 4.79 Å². The van der Waals surface area contributed by atoms with Crippen LogP contribution in [0.25, 0.3) is 0 Å². The number of quaternary nitrogens is 1. The number of aliphatic carboxylic acids is 1. The lowest BCUT2D eigenvalue weighted by molar-refractivity contribution is -0.643. The number of hydrogen-bond donors (Lipinski definition) is 4. The quantitative estimate of drug-likeness (QED) is 0.165. The highest BCUT2D eigenvalue weighted by molar-refractivity contribution is 5.96. The van der Waals surface area contributed by atoms with E-state index in [0.29, 0.717) is 23.4 Å². The maximum Gasteiger partial charge on any atom is 0.330 e. The summed E-state index contributed by atoms with van der Waals surface area (Å²) in [5.41, 5.74) is 2.52. The van der Waals surface area contributed by atoms with E-state index < -0.39 is 12.0 Å². The molecule has 0 aliphatic carbocycles. The fourth-order valence-electron chi connectivity index (χ4n) is 4.02. The highest BCUT2D eigenvalue weighted by Gasteiger charge is 2.19. The van der Waals surface area contributed by atoms with Crippen molar-refractivity contribution in [2.75, 3.05) is 25.5 Å². The number of amides is 1. The number of carboxylic acid groups (broad SMARTS) is 1. The van der Waals surface area contributed by atoms with Crippen molar-refractivity contribution >= 4 is 23.3 Å². The first-order chi connectivity index (χ1) is 19.4. The number of nitrogens with two attached hydrogens (primary N) is 1. The molecule has 0 aliphatic rings.